The van der Waals surface area contributed by atoms with Gasteiger partial charge in [-0.1, -0.05) is 0 Å². The normalized spacial score (nSPS) is 29.5. The van der Waals surface area contributed by atoms with Crippen LogP contribution in [0.3, 0.4) is 0 Å². The Labute approximate surface area is 124 Å². The highest BCUT2D eigenvalue weighted by molar-refractivity contribution is 7.89. The lowest BCUT2D eigenvalue weighted by Crippen LogP contribution is -2.47. The van der Waals surface area contributed by atoms with Crippen LogP contribution in [0.1, 0.15) is 25.7 Å². The van der Waals surface area contributed by atoms with Crippen molar-refractivity contribution in [2.24, 2.45) is 0 Å². The predicted octanol–water partition coefficient (Wildman–Crippen LogP) is 0.954. The van der Waals surface area contributed by atoms with E-state index < -0.39 is 16.1 Å². The van der Waals surface area contributed by atoms with E-state index in [-0.39, 0.29) is 22.7 Å². The van der Waals surface area contributed by atoms with Crippen molar-refractivity contribution < 1.29 is 18.3 Å². The molecule has 2 bridgehead atoms. The molecule has 7 heteroatoms. The van der Waals surface area contributed by atoms with Gasteiger partial charge in [-0.2, -0.15) is 4.31 Å². The number of fused-ring (bicyclic) bond motifs is 2. The second-order valence-corrected chi connectivity index (χ2v) is 7.57. The van der Waals surface area contributed by atoms with Crippen molar-refractivity contribution >= 4 is 15.7 Å². The lowest BCUT2D eigenvalue weighted by atomic mass is 10.0. The SMILES string of the molecule is COc1cc(N)ccc1S(=O)(=O)N1C2CCC1CC(O)C2. The first-order chi connectivity index (χ1) is 9.93. The fourth-order valence-corrected chi connectivity index (χ4v) is 5.54. The number of anilines is 1. The Hall–Kier alpha value is -1.31. The number of aliphatic hydroxyl groups excluding tert-OH is 1. The predicted molar refractivity (Wildman–Crippen MR) is 78.5 cm³/mol. The molecule has 0 saturated carbocycles. The van der Waals surface area contributed by atoms with Crippen LogP contribution >= 0.6 is 0 Å². The monoisotopic (exact) mass is 312 g/mol. The lowest BCUT2D eigenvalue weighted by molar-refractivity contribution is 0.0768. The van der Waals surface area contributed by atoms with E-state index in [1.165, 1.54) is 19.2 Å². The molecule has 2 aliphatic heterocycles. The summed E-state index contributed by atoms with van der Waals surface area (Å²) < 4.78 is 32.7. The maximum atomic E-state index is 13.0. The zero-order chi connectivity index (χ0) is 15.2. The van der Waals surface area contributed by atoms with Crippen LogP contribution in [0.5, 0.6) is 5.75 Å². The molecule has 2 heterocycles. The van der Waals surface area contributed by atoms with Crippen LogP contribution in [0, 0.1) is 0 Å². The van der Waals surface area contributed by atoms with E-state index in [2.05, 4.69) is 0 Å². The molecule has 0 spiro atoms. The van der Waals surface area contributed by atoms with Gasteiger partial charge in [0.15, 0.2) is 0 Å². The molecule has 1 aromatic carbocycles. The zero-order valence-corrected chi connectivity index (χ0v) is 12.7. The molecule has 2 aliphatic rings. The Bertz CT molecular complexity index is 632. The van der Waals surface area contributed by atoms with E-state index in [0.29, 0.717) is 18.5 Å². The van der Waals surface area contributed by atoms with Gasteiger partial charge in [0.05, 0.1) is 13.2 Å². The van der Waals surface area contributed by atoms with Crippen molar-refractivity contribution in [2.45, 2.75) is 48.8 Å². The average molecular weight is 312 g/mol. The number of piperidine rings is 1. The Morgan fingerprint density at radius 2 is 1.90 bits per heavy atom. The Kier molecular flexibility index (Phi) is 3.59. The molecule has 0 aromatic heterocycles. The summed E-state index contributed by atoms with van der Waals surface area (Å²) in [7, 11) is -2.21. The van der Waals surface area contributed by atoms with E-state index in [9.17, 15) is 13.5 Å². The van der Waals surface area contributed by atoms with Gasteiger partial charge in [0.2, 0.25) is 10.0 Å². The van der Waals surface area contributed by atoms with Gasteiger partial charge < -0.3 is 15.6 Å². The van der Waals surface area contributed by atoms with Crippen LogP contribution in [0.25, 0.3) is 0 Å². The van der Waals surface area contributed by atoms with E-state index in [4.69, 9.17) is 10.5 Å². The fourth-order valence-electron chi connectivity index (χ4n) is 3.51. The maximum absolute atomic E-state index is 13.0. The molecule has 0 amide bonds. The van der Waals surface area contributed by atoms with Gasteiger partial charge in [0, 0.05) is 23.8 Å². The van der Waals surface area contributed by atoms with Crippen LogP contribution in [0.15, 0.2) is 23.1 Å². The van der Waals surface area contributed by atoms with Crippen molar-refractivity contribution in [3.8, 4) is 5.75 Å². The second-order valence-electron chi connectivity index (χ2n) is 5.76. The summed E-state index contributed by atoms with van der Waals surface area (Å²) in [5.41, 5.74) is 6.15. The number of ether oxygens (including phenoxy) is 1. The largest absolute Gasteiger partial charge is 0.495 e. The van der Waals surface area contributed by atoms with Gasteiger partial charge in [-0.15, -0.1) is 0 Å². The summed E-state index contributed by atoms with van der Waals surface area (Å²) >= 11 is 0. The van der Waals surface area contributed by atoms with E-state index >= 15 is 0 Å². The standard InChI is InChI=1S/C14H20N2O4S/c1-20-13-6-9(15)2-5-14(13)21(18,19)16-10-3-4-11(16)8-12(17)7-10/h2,5-6,10-12,17H,3-4,7-8,15H2,1H3. The minimum Gasteiger partial charge on any atom is -0.495 e. The number of rotatable bonds is 3. The Balaban J connectivity index is 2.02. The second kappa shape index (κ2) is 5.15. The van der Waals surface area contributed by atoms with Crippen molar-refractivity contribution in [3.05, 3.63) is 18.2 Å². The third kappa shape index (κ3) is 2.39. The van der Waals surface area contributed by atoms with E-state index in [1.54, 1.807) is 10.4 Å². The van der Waals surface area contributed by atoms with Crippen LogP contribution in [-0.4, -0.2) is 43.1 Å². The summed E-state index contributed by atoms with van der Waals surface area (Å²) in [5.74, 6) is 0.264. The quantitative estimate of drug-likeness (QED) is 0.811. The number of sulfonamides is 1. The fraction of sp³-hybridized carbons (Fsp3) is 0.571. The molecule has 21 heavy (non-hydrogen) atoms. The first-order valence-electron chi connectivity index (χ1n) is 7.08. The molecule has 2 unspecified atom stereocenters. The van der Waals surface area contributed by atoms with Gasteiger partial charge >= 0.3 is 0 Å². The first-order valence-corrected chi connectivity index (χ1v) is 8.52. The maximum Gasteiger partial charge on any atom is 0.247 e. The third-order valence-corrected chi connectivity index (χ3v) is 6.43. The Morgan fingerprint density at radius 3 is 2.48 bits per heavy atom. The first kappa shape index (κ1) is 14.6. The highest BCUT2D eigenvalue weighted by Crippen LogP contribution is 2.41. The summed E-state index contributed by atoms with van der Waals surface area (Å²) in [6, 6.07) is 4.34. The van der Waals surface area contributed by atoms with Crippen molar-refractivity contribution in [2.75, 3.05) is 12.8 Å². The molecule has 2 atom stereocenters. The van der Waals surface area contributed by atoms with Crippen LogP contribution in [0.4, 0.5) is 5.69 Å². The van der Waals surface area contributed by atoms with Gasteiger partial charge in [0.1, 0.15) is 10.6 Å². The van der Waals surface area contributed by atoms with Gasteiger partial charge in [0.25, 0.3) is 0 Å². The number of hydrogen-bond acceptors (Lipinski definition) is 5. The Morgan fingerprint density at radius 1 is 1.29 bits per heavy atom. The number of nitrogens with two attached hydrogens (primary N) is 1. The van der Waals surface area contributed by atoms with Crippen LogP contribution < -0.4 is 10.5 Å². The summed E-state index contributed by atoms with van der Waals surface area (Å²) in [4.78, 5) is 0.146. The van der Waals surface area contributed by atoms with Gasteiger partial charge in [-0.25, -0.2) is 8.42 Å². The zero-order valence-electron chi connectivity index (χ0n) is 11.9. The summed E-state index contributed by atoms with van der Waals surface area (Å²) in [6.45, 7) is 0. The topological polar surface area (TPSA) is 92.9 Å². The molecule has 0 radical (unpaired) electrons. The van der Waals surface area contributed by atoms with Gasteiger partial charge in [-0.05, 0) is 37.8 Å². The molecular weight excluding hydrogens is 292 g/mol. The van der Waals surface area contributed by atoms with Crippen molar-refractivity contribution in [1.82, 2.24) is 4.31 Å². The molecular formula is C14H20N2O4S. The smallest absolute Gasteiger partial charge is 0.247 e. The van der Waals surface area contributed by atoms with E-state index in [1.807, 2.05) is 0 Å². The molecule has 2 fully saturated rings. The summed E-state index contributed by atoms with van der Waals surface area (Å²) in [5, 5.41) is 9.82. The molecule has 3 N–H and O–H groups in total. The molecule has 1 aromatic rings. The molecule has 2 saturated heterocycles. The minimum atomic E-state index is -3.64. The van der Waals surface area contributed by atoms with Gasteiger partial charge in [-0.3, -0.25) is 0 Å². The van der Waals surface area contributed by atoms with Crippen LogP contribution in [0.2, 0.25) is 0 Å². The minimum absolute atomic E-state index is 0.119. The van der Waals surface area contributed by atoms with E-state index in [0.717, 1.165) is 12.8 Å². The number of nitrogens with zero attached hydrogens (tertiary/aromatic N) is 1. The average Bonchev–Trinajstić information content (AvgIpc) is 2.72. The van der Waals surface area contributed by atoms with Crippen molar-refractivity contribution in [3.63, 3.8) is 0 Å². The number of benzene rings is 1. The molecule has 116 valence electrons. The molecule has 6 nitrogen and oxygen atoms in total. The number of nitrogen functional groups attached to an aromatic ring is 1. The highest BCUT2D eigenvalue weighted by atomic mass is 32.2. The number of aliphatic hydroxyl groups is 1. The molecule has 0 aliphatic carbocycles. The number of methoxy groups -OCH3 is 1. The van der Waals surface area contributed by atoms with Crippen molar-refractivity contribution in [1.29, 1.82) is 0 Å². The van der Waals surface area contributed by atoms with Crippen LogP contribution in [-0.2, 0) is 10.0 Å². The summed E-state index contributed by atoms with van der Waals surface area (Å²) in [6.07, 6.45) is 2.22. The molecule has 3 rings (SSSR count). The third-order valence-electron chi connectivity index (χ3n) is 4.38. The lowest BCUT2D eigenvalue weighted by Gasteiger charge is -2.36. The number of hydrogen-bond donors (Lipinski definition) is 2. The highest BCUT2D eigenvalue weighted by Gasteiger charge is 2.47.